The zero-order valence-electron chi connectivity index (χ0n) is 16.2. The second-order valence-corrected chi connectivity index (χ2v) is 8.11. The summed E-state index contributed by atoms with van der Waals surface area (Å²) < 4.78 is 16.1. The van der Waals surface area contributed by atoms with Gasteiger partial charge in [-0.25, -0.2) is 4.79 Å². The van der Waals surface area contributed by atoms with Gasteiger partial charge in [0.1, 0.15) is 0 Å². The monoisotopic (exact) mass is 463 g/mol. The second kappa shape index (κ2) is 9.97. The topological polar surface area (TPSA) is 65.1 Å². The number of nitrogens with zero attached hydrogens (tertiary/aromatic N) is 1. The van der Waals surface area contributed by atoms with Crippen LogP contribution < -0.4 is 14.4 Å². The zero-order valence-corrected chi connectivity index (χ0v) is 18.6. The highest BCUT2D eigenvalue weighted by Crippen LogP contribution is 2.37. The van der Waals surface area contributed by atoms with Crippen LogP contribution in [0.5, 0.6) is 11.5 Å². The molecule has 0 aromatic heterocycles. The van der Waals surface area contributed by atoms with Gasteiger partial charge in [0.25, 0.3) is 5.91 Å². The minimum Gasteiger partial charge on any atom is -0.490 e. The molecule has 1 saturated heterocycles. The van der Waals surface area contributed by atoms with Crippen molar-refractivity contribution in [2.45, 2.75) is 6.92 Å². The molecule has 2 aromatic carbocycles. The maximum absolute atomic E-state index is 12.9. The number of rotatable bonds is 7. The van der Waals surface area contributed by atoms with E-state index in [0.29, 0.717) is 38.0 Å². The SMILES string of the molecule is CCOc1cc(/C=C2\SC(=S)N(c3cccc(Cl)c3)C2=O)ccc1OCC(=O)OC. The van der Waals surface area contributed by atoms with Gasteiger partial charge in [0.2, 0.25) is 0 Å². The molecule has 1 heterocycles. The molecule has 1 fully saturated rings. The summed E-state index contributed by atoms with van der Waals surface area (Å²) in [5.41, 5.74) is 1.35. The van der Waals surface area contributed by atoms with Crippen molar-refractivity contribution in [1.82, 2.24) is 0 Å². The van der Waals surface area contributed by atoms with Crippen LogP contribution in [-0.4, -0.2) is 36.5 Å². The fraction of sp³-hybridized carbons (Fsp3) is 0.190. The average molecular weight is 464 g/mol. The van der Waals surface area contributed by atoms with E-state index < -0.39 is 5.97 Å². The van der Waals surface area contributed by atoms with Crippen LogP contribution in [0.3, 0.4) is 0 Å². The Morgan fingerprint density at radius 3 is 2.70 bits per heavy atom. The number of ether oxygens (including phenoxy) is 3. The number of carbonyl (C=O) groups excluding carboxylic acids is 2. The Labute approximate surface area is 188 Å². The highest BCUT2D eigenvalue weighted by atomic mass is 35.5. The van der Waals surface area contributed by atoms with Crippen LogP contribution in [0.25, 0.3) is 6.08 Å². The Balaban J connectivity index is 1.85. The van der Waals surface area contributed by atoms with E-state index in [-0.39, 0.29) is 12.5 Å². The third-order valence-corrected chi connectivity index (χ3v) is 5.54. The molecule has 0 saturated carbocycles. The van der Waals surface area contributed by atoms with E-state index in [1.54, 1.807) is 48.5 Å². The zero-order chi connectivity index (χ0) is 21.7. The highest BCUT2D eigenvalue weighted by molar-refractivity contribution is 8.27. The molecule has 156 valence electrons. The van der Waals surface area contributed by atoms with Gasteiger partial charge in [0.05, 0.1) is 24.3 Å². The number of benzene rings is 2. The molecule has 3 rings (SSSR count). The lowest BCUT2D eigenvalue weighted by molar-refractivity contribution is -0.142. The molecular weight excluding hydrogens is 446 g/mol. The van der Waals surface area contributed by atoms with E-state index in [0.717, 1.165) is 5.56 Å². The lowest BCUT2D eigenvalue weighted by atomic mass is 10.1. The van der Waals surface area contributed by atoms with Gasteiger partial charge in [-0.2, -0.15) is 0 Å². The third kappa shape index (κ3) is 5.13. The lowest BCUT2D eigenvalue weighted by Gasteiger charge is -2.14. The van der Waals surface area contributed by atoms with Gasteiger partial charge in [-0.05, 0) is 48.9 Å². The fourth-order valence-electron chi connectivity index (χ4n) is 2.65. The Morgan fingerprint density at radius 1 is 1.20 bits per heavy atom. The number of thiocarbonyl (C=S) groups is 1. The molecule has 1 aliphatic heterocycles. The van der Waals surface area contributed by atoms with Crippen LogP contribution in [0.15, 0.2) is 47.4 Å². The highest BCUT2D eigenvalue weighted by Gasteiger charge is 2.33. The predicted octanol–water partition coefficient (Wildman–Crippen LogP) is 4.70. The van der Waals surface area contributed by atoms with Gasteiger partial charge in [-0.3, -0.25) is 9.69 Å². The minimum atomic E-state index is -0.494. The van der Waals surface area contributed by atoms with Crippen molar-refractivity contribution < 1.29 is 23.8 Å². The Morgan fingerprint density at radius 2 is 2.00 bits per heavy atom. The van der Waals surface area contributed by atoms with E-state index in [2.05, 4.69) is 4.74 Å². The number of carbonyl (C=O) groups is 2. The first kappa shape index (κ1) is 22.1. The predicted molar refractivity (Wildman–Crippen MR) is 122 cm³/mol. The molecule has 2 aromatic rings. The second-order valence-electron chi connectivity index (χ2n) is 6.00. The van der Waals surface area contributed by atoms with Gasteiger partial charge in [-0.15, -0.1) is 0 Å². The molecule has 9 heteroatoms. The Hall–Kier alpha value is -2.55. The van der Waals surface area contributed by atoms with Gasteiger partial charge in [-0.1, -0.05) is 47.7 Å². The minimum absolute atomic E-state index is 0.226. The first-order valence-electron chi connectivity index (χ1n) is 8.93. The van der Waals surface area contributed by atoms with Crippen LogP contribution in [0, 0.1) is 0 Å². The molecule has 1 aliphatic rings. The first-order valence-corrected chi connectivity index (χ1v) is 10.5. The number of thioether (sulfide) groups is 1. The standard InChI is InChI=1S/C21H18ClNO5S2/c1-3-27-17-9-13(7-8-16(17)28-12-19(24)26-2)10-18-20(25)23(21(29)30-18)15-6-4-5-14(22)11-15/h4-11H,3,12H2,1-2H3/b18-10-. The molecule has 0 spiro atoms. The quantitative estimate of drug-likeness (QED) is 0.335. The summed E-state index contributed by atoms with van der Waals surface area (Å²) in [5, 5.41) is 0.523. The molecule has 0 unspecified atom stereocenters. The molecule has 6 nitrogen and oxygen atoms in total. The number of esters is 1. The molecule has 0 radical (unpaired) electrons. The molecule has 30 heavy (non-hydrogen) atoms. The van der Waals surface area contributed by atoms with Crippen LogP contribution in [-0.2, 0) is 14.3 Å². The van der Waals surface area contributed by atoms with Gasteiger partial charge in [0, 0.05) is 5.02 Å². The Bertz CT molecular complexity index is 1020. The van der Waals surface area contributed by atoms with Crippen molar-refractivity contribution in [3.8, 4) is 11.5 Å². The Kier molecular flexibility index (Phi) is 7.36. The van der Waals surface area contributed by atoms with Gasteiger partial charge in [0.15, 0.2) is 22.4 Å². The summed E-state index contributed by atoms with van der Waals surface area (Å²) in [5.74, 6) is 0.147. The van der Waals surface area contributed by atoms with E-state index in [1.807, 2.05) is 6.92 Å². The molecule has 0 aliphatic carbocycles. The number of hydrogen-bond acceptors (Lipinski definition) is 7. The van der Waals surface area contributed by atoms with Gasteiger partial charge >= 0.3 is 5.97 Å². The number of anilines is 1. The maximum Gasteiger partial charge on any atom is 0.343 e. The summed E-state index contributed by atoms with van der Waals surface area (Å²) in [4.78, 5) is 26.2. The summed E-state index contributed by atoms with van der Waals surface area (Å²) in [7, 11) is 1.29. The normalized spacial score (nSPS) is 14.9. The molecule has 0 N–H and O–H groups in total. The summed E-state index contributed by atoms with van der Waals surface area (Å²) >= 11 is 12.6. The maximum atomic E-state index is 12.9. The van der Waals surface area contributed by atoms with Crippen molar-refractivity contribution in [2.75, 3.05) is 25.2 Å². The first-order chi connectivity index (χ1) is 14.4. The molecule has 0 bridgehead atoms. The van der Waals surface area contributed by atoms with Crippen molar-refractivity contribution in [1.29, 1.82) is 0 Å². The van der Waals surface area contributed by atoms with Crippen molar-refractivity contribution >= 4 is 63.5 Å². The average Bonchev–Trinajstić information content (AvgIpc) is 3.00. The lowest BCUT2D eigenvalue weighted by Crippen LogP contribution is -2.27. The largest absolute Gasteiger partial charge is 0.490 e. The van der Waals surface area contributed by atoms with E-state index in [1.165, 1.54) is 23.8 Å². The number of hydrogen-bond donors (Lipinski definition) is 0. The summed E-state index contributed by atoms with van der Waals surface area (Å²) in [6, 6.07) is 12.1. The molecule has 1 amide bonds. The fourth-order valence-corrected chi connectivity index (χ4v) is 4.14. The molecule has 0 atom stereocenters. The van der Waals surface area contributed by atoms with E-state index >= 15 is 0 Å². The van der Waals surface area contributed by atoms with Crippen LogP contribution in [0.1, 0.15) is 12.5 Å². The number of methoxy groups -OCH3 is 1. The molecular formula is C21H18ClNO5S2. The third-order valence-electron chi connectivity index (χ3n) is 4.00. The summed E-state index contributed by atoms with van der Waals surface area (Å²) in [6.07, 6.45) is 1.73. The van der Waals surface area contributed by atoms with Crippen molar-refractivity contribution in [3.05, 3.63) is 58.0 Å². The van der Waals surface area contributed by atoms with E-state index in [4.69, 9.17) is 33.3 Å². The number of amides is 1. The van der Waals surface area contributed by atoms with Crippen LogP contribution in [0.2, 0.25) is 5.02 Å². The van der Waals surface area contributed by atoms with Crippen LogP contribution in [0.4, 0.5) is 5.69 Å². The van der Waals surface area contributed by atoms with Crippen molar-refractivity contribution in [3.63, 3.8) is 0 Å². The van der Waals surface area contributed by atoms with E-state index in [9.17, 15) is 9.59 Å². The van der Waals surface area contributed by atoms with Crippen LogP contribution >= 0.6 is 35.6 Å². The van der Waals surface area contributed by atoms with Crippen molar-refractivity contribution in [2.24, 2.45) is 0 Å². The smallest absolute Gasteiger partial charge is 0.343 e. The number of halogens is 1. The summed E-state index contributed by atoms with van der Waals surface area (Å²) in [6.45, 7) is 2.02. The van der Waals surface area contributed by atoms with Gasteiger partial charge < -0.3 is 14.2 Å².